The summed E-state index contributed by atoms with van der Waals surface area (Å²) in [5.41, 5.74) is 1.10. The highest BCUT2D eigenvalue weighted by Crippen LogP contribution is 2.25. The maximum Gasteiger partial charge on any atom is 0.140 e. The summed E-state index contributed by atoms with van der Waals surface area (Å²) in [6.45, 7) is 1.71. The Bertz CT molecular complexity index is 445. The molecule has 0 atom stereocenters. The Kier molecular flexibility index (Phi) is 5.35. The summed E-state index contributed by atoms with van der Waals surface area (Å²) in [5.74, 6) is 0.442. The normalized spacial score (nSPS) is 16.2. The number of nitrogens with one attached hydrogen (secondary N) is 1. The predicted octanol–water partition coefficient (Wildman–Crippen LogP) is 3.76. The van der Waals surface area contributed by atoms with Crippen molar-refractivity contribution in [2.24, 2.45) is 5.92 Å². The van der Waals surface area contributed by atoms with E-state index in [1.54, 1.807) is 12.1 Å². The molecular weight excluding hydrogens is 239 g/mol. The van der Waals surface area contributed by atoms with Crippen LogP contribution in [-0.2, 0) is 6.54 Å². The fraction of sp³-hybridized carbons (Fsp3) is 0.562. The Labute approximate surface area is 114 Å². The minimum absolute atomic E-state index is 0.131. The van der Waals surface area contributed by atoms with Gasteiger partial charge in [-0.05, 0) is 36.6 Å². The van der Waals surface area contributed by atoms with Gasteiger partial charge < -0.3 is 5.32 Å². The first kappa shape index (κ1) is 14.0. The molecule has 0 bridgehead atoms. The SMILES string of the molecule is N#Cc1cc(CNCCC2CCCCC2)ccc1F. The molecule has 1 aliphatic carbocycles. The minimum atomic E-state index is -0.437. The Hall–Kier alpha value is -1.40. The standard InChI is InChI=1S/C16H21FN2/c17-16-7-6-14(10-15(16)11-18)12-19-9-8-13-4-2-1-3-5-13/h6-7,10,13,19H,1-5,8-9,12H2. The molecule has 1 aromatic rings. The van der Waals surface area contributed by atoms with Crippen LogP contribution >= 0.6 is 0 Å². The molecule has 0 heterocycles. The lowest BCUT2D eigenvalue weighted by atomic mass is 9.87. The van der Waals surface area contributed by atoms with E-state index in [2.05, 4.69) is 5.32 Å². The monoisotopic (exact) mass is 260 g/mol. The molecule has 0 spiro atoms. The number of nitrogens with zero attached hydrogens (tertiary/aromatic N) is 1. The molecule has 0 aliphatic heterocycles. The van der Waals surface area contributed by atoms with E-state index in [4.69, 9.17) is 5.26 Å². The van der Waals surface area contributed by atoms with Crippen LogP contribution < -0.4 is 5.32 Å². The van der Waals surface area contributed by atoms with Gasteiger partial charge in [0.15, 0.2) is 0 Å². The fourth-order valence-electron chi connectivity index (χ4n) is 2.78. The molecule has 1 aromatic carbocycles. The van der Waals surface area contributed by atoms with Gasteiger partial charge in [0.2, 0.25) is 0 Å². The predicted molar refractivity (Wildman–Crippen MR) is 74.0 cm³/mol. The average molecular weight is 260 g/mol. The van der Waals surface area contributed by atoms with Crippen molar-refractivity contribution in [3.63, 3.8) is 0 Å². The van der Waals surface area contributed by atoms with Crippen LogP contribution in [0.3, 0.4) is 0 Å². The summed E-state index contributed by atoms with van der Waals surface area (Å²) >= 11 is 0. The van der Waals surface area contributed by atoms with Gasteiger partial charge in [-0.1, -0.05) is 38.2 Å². The first-order valence-electron chi connectivity index (χ1n) is 7.19. The van der Waals surface area contributed by atoms with Gasteiger partial charge >= 0.3 is 0 Å². The summed E-state index contributed by atoms with van der Waals surface area (Å²) in [6.07, 6.45) is 8.14. The van der Waals surface area contributed by atoms with Crippen molar-refractivity contribution in [1.29, 1.82) is 5.26 Å². The highest BCUT2D eigenvalue weighted by Gasteiger charge is 2.12. The second kappa shape index (κ2) is 7.25. The average Bonchev–Trinajstić information content (AvgIpc) is 2.46. The third kappa shape index (κ3) is 4.33. The van der Waals surface area contributed by atoms with E-state index in [9.17, 15) is 4.39 Å². The smallest absolute Gasteiger partial charge is 0.140 e. The highest BCUT2D eigenvalue weighted by molar-refractivity contribution is 5.34. The van der Waals surface area contributed by atoms with Gasteiger partial charge in [0.1, 0.15) is 11.9 Å². The summed E-state index contributed by atoms with van der Waals surface area (Å²) in [5, 5.41) is 12.2. The van der Waals surface area contributed by atoms with Crippen molar-refractivity contribution in [3.8, 4) is 6.07 Å². The van der Waals surface area contributed by atoms with Crippen molar-refractivity contribution in [2.45, 2.75) is 45.1 Å². The molecule has 19 heavy (non-hydrogen) atoms. The third-order valence-electron chi connectivity index (χ3n) is 3.93. The number of nitriles is 1. The lowest BCUT2D eigenvalue weighted by Crippen LogP contribution is -2.19. The number of rotatable bonds is 5. The summed E-state index contributed by atoms with van der Waals surface area (Å²) < 4.78 is 13.2. The molecule has 2 nitrogen and oxygen atoms in total. The quantitative estimate of drug-likeness (QED) is 0.818. The number of halogens is 1. The zero-order valence-corrected chi connectivity index (χ0v) is 11.3. The maximum atomic E-state index is 13.2. The van der Waals surface area contributed by atoms with Crippen LogP contribution in [0.5, 0.6) is 0 Å². The number of benzene rings is 1. The van der Waals surface area contributed by atoms with Gasteiger partial charge in [-0.3, -0.25) is 0 Å². The largest absolute Gasteiger partial charge is 0.313 e. The Morgan fingerprint density at radius 2 is 2.05 bits per heavy atom. The first-order chi connectivity index (χ1) is 9.29. The van der Waals surface area contributed by atoms with Gasteiger partial charge in [-0.25, -0.2) is 4.39 Å². The summed E-state index contributed by atoms with van der Waals surface area (Å²) in [4.78, 5) is 0. The Balaban J connectivity index is 1.72. The third-order valence-corrected chi connectivity index (χ3v) is 3.93. The van der Waals surface area contributed by atoms with E-state index >= 15 is 0 Å². The lowest BCUT2D eigenvalue weighted by molar-refractivity contribution is 0.334. The van der Waals surface area contributed by atoms with Crippen molar-refractivity contribution in [3.05, 3.63) is 35.1 Å². The van der Waals surface area contributed by atoms with Gasteiger partial charge in [0, 0.05) is 6.54 Å². The Morgan fingerprint density at radius 3 is 2.79 bits per heavy atom. The molecule has 0 aromatic heterocycles. The highest BCUT2D eigenvalue weighted by atomic mass is 19.1. The van der Waals surface area contributed by atoms with Crippen LogP contribution in [0.1, 0.15) is 49.7 Å². The van der Waals surface area contributed by atoms with Crippen LogP contribution in [0.15, 0.2) is 18.2 Å². The molecule has 102 valence electrons. The molecular formula is C16H21FN2. The van der Waals surface area contributed by atoms with E-state index in [0.29, 0.717) is 6.54 Å². The zero-order chi connectivity index (χ0) is 13.5. The van der Waals surface area contributed by atoms with Gasteiger partial charge in [0.25, 0.3) is 0 Å². The van der Waals surface area contributed by atoms with Crippen LogP contribution in [0.2, 0.25) is 0 Å². The second-order valence-electron chi connectivity index (χ2n) is 5.40. The van der Waals surface area contributed by atoms with Crippen LogP contribution in [-0.4, -0.2) is 6.54 Å². The van der Waals surface area contributed by atoms with Crippen molar-refractivity contribution in [1.82, 2.24) is 5.32 Å². The first-order valence-corrected chi connectivity index (χ1v) is 7.19. The second-order valence-corrected chi connectivity index (χ2v) is 5.40. The fourth-order valence-corrected chi connectivity index (χ4v) is 2.78. The van der Waals surface area contributed by atoms with Crippen LogP contribution in [0.25, 0.3) is 0 Å². The summed E-state index contributed by atoms with van der Waals surface area (Å²) in [7, 11) is 0. The molecule has 1 fully saturated rings. The van der Waals surface area contributed by atoms with E-state index in [1.807, 2.05) is 6.07 Å². The minimum Gasteiger partial charge on any atom is -0.313 e. The van der Waals surface area contributed by atoms with E-state index < -0.39 is 5.82 Å². The number of hydrogen-bond acceptors (Lipinski definition) is 2. The zero-order valence-electron chi connectivity index (χ0n) is 11.3. The molecule has 0 amide bonds. The van der Waals surface area contributed by atoms with Crippen molar-refractivity contribution >= 4 is 0 Å². The molecule has 0 unspecified atom stereocenters. The summed E-state index contributed by atoms with van der Waals surface area (Å²) in [6, 6.07) is 6.61. The molecule has 1 N–H and O–H groups in total. The van der Waals surface area contributed by atoms with Crippen LogP contribution in [0.4, 0.5) is 4.39 Å². The van der Waals surface area contributed by atoms with Gasteiger partial charge in [-0.15, -0.1) is 0 Å². The number of hydrogen-bond donors (Lipinski definition) is 1. The molecule has 1 aliphatic rings. The van der Waals surface area contributed by atoms with Crippen molar-refractivity contribution in [2.75, 3.05) is 6.54 Å². The van der Waals surface area contributed by atoms with Gasteiger partial charge in [0.05, 0.1) is 5.56 Å². The van der Waals surface area contributed by atoms with Gasteiger partial charge in [-0.2, -0.15) is 5.26 Å². The Morgan fingerprint density at radius 1 is 1.26 bits per heavy atom. The maximum absolute atomic E-state index is 13.2. The van der Waals surface area contributed by atoms with E-state index in [0.717, 1.165) is 18.0 Å². The van der Waals surface area contributed by atoms with Crippen LogP contribution in [0, 0.1) is 23.1 Å². The van der Waals surface area contributed by atoms with E-state index in [1.165, 1.54) is 44.6 Å². The van der Waals surface area contributed by atoms with E-state index in [-0.39, 0.29) is 5.56 Å². The lowest BCUT2D eigenvalue weighted by Gasteiger charge is -2.21. The molecule has 3 heteroatoms. The molecule has 0 saturated heterocycles. The van der Waals surface area contributed by atoms with Crippen molar-refractivity contribution < 1.29 is 4.39 Å². The molecule has 2 rings (SSSR count). The topological polar surface area (TPSA) is 35.8 Å². The molecule has 1 saturated carbocycles. The molecule has 0 radical (unpaired) electrons.